The van der Waals surface area contributed by atoms with E-state index in [9.17, 15) is 4.79 Å². The minimum atomic E-state index is 0.514. The molecule has 3 nitrogen and oxygen atoms in total. The lowest BCUT2D eigenvalue weighted by Gasteiger charge is -2.33. The van der Waals surface area contributed by atoms with Crippen molar-refractivity contribution in [2.24, 2.45) is 0 Å². The minimum Gasteiger partial charge on any atom is -0.458 e. The van der Waals surface area contributed by atoms with E-state index in [1.807, 2.05) is 42.5 Å². The maximum Gasteiger partial charge on any atom is 0.157 e. The fourth-order valence-corrected chi connectivity index (χ4v) is 2.68. The van der Waals surface area contributed by atoms with E-state index in [0.29, 0.717) is 23.1 Å². The lowest BCUT2D eigenvalue weighted by atomic mass is 10.1. The summed E-state index contributed by atoms with van der Waals surface area (Å²) in [7, 11) is 0. The van der Waals surface area contributed by atoms with Gasteiger partial charge in [-0.25, -0.2) is 0 Å². The first-order valence-corrected chi connectivity index (χ1v) is 7.87. The van der Waals surface area contributed by atoms with Crippen LogP contribution in [0.25, 0.3) is 5.76 Å². The maximum atomic E-state index is 10.8. The van der Waals surface area contributed by atoms with Gasteiger partial charge in [-0.2, -0.15) is 0 Å². The first-order chi connectivity index (χ1) is 11.7. The summed E-state index contributed by atoms with van der Waals surface area (Å²) in [5.74, 6) is 1.27. The van der Waals surface area contributed by atoms with Crippen LogP contribution in [0.3, 0.4) is 0 Å². The molecule has 0 amide bonds. The number of aldehydes is 1. The zero-order valence-electron chi connectivity index (χ0n) is 13.0. The number of benzene rings is 2. The van der Waals surface area contributed by atoms with Crippen molar-refractivity contribution in [2.45, 2.75) is 0 Å². The van der Waals surface area contributed by atoms with Gasteiger partial charge in [-0.1, -0.05) is 36.4 Å². The lowest BCUT2D eigenvalue weighted by molar-refractivity contribution is -0.104. The Hall–Kier alpha value is -2.78. The topological polar surface area (TPSA) is 29.5 Å². The molecule has 1 heterocycles. The van der Waals surface area contributed by atoms with Gasteiger partial charge in [0.1, 0.15) is 12.0 Å². The number of allylic oxidation sites excluding steroid dienone is 2. The predicted molar refractivity (Wildman–Crippen MR) is 97.6 cm³/mol. The summed E-state index contributed by atoms with van der Waals surface area (Å²) >= 11 is 5.98. The highest BCUT2D eigenvalue weighted by molar-refractivity contribution is 6.30. The second kappa shape index (κ2) is 7.20. The molecule has 0 spiro atoms. The molecule has 0 atom stereocenters. The summed E-state index contributed by atoms with van der Waals surface area (Å²) in [4.78, 5) is 12.9. The average molecular weight is 338 g/mol. The number of carbonyl (C=O) groups excluding carboxylic acids is 1. The van der Waals surface area contributed by atoms with Crippen LogP contribution >= 0.6 is 11.6 Å². The minimum absolute atomic E-state index is 0.514. The third-order valence-electron chi connectivity index (χ3n) is 3.61. The molecule has 3 rings (SSSR count). The zero-order valence-corrected chi connectivity index (χ0v) is 13.7. The van der Waals surface area contributed by atoms with Crippen LogP contribution in [-0.2, 0) is 9.53 Å². The molecule has 0 aliphatic carbocycles. The smallest absolute Gasteiger partial charge is 0.157 e. The fraction of sp³-hybridized carbons (Fsp3) is 0.0500. The molecule has 1 aliphatic heterocycles. The highest BCUT2D eigenvalue weighted by Crippen LogP contribution is 2.34. The number of carbonyl (C=O) groups is 1. The number of anilines is 1. The van der Waals surface area contributed by atoms with Gasteiger partial charge >= 0.3 is 0 Å². The van der Waals surface area contributed by atoms with Crippen LogP contribution in [0.5, 0.6) is 0 Å². The van der Waals surface area contributed by atoms with E-state index in [4.69, 9.17) is 16.3 Å². The zero-order chi connectivity index (χ0) is 16.9. The van der Waals surface area contributed by atoms with Gasteiger partial charge in [0.15, 0.2) is 5.76 Å². The van der Waals surface area contributed by atoms with Crippen LogP contribution in [0.4, 0.5) is 5.69 Å². The molecule has 0 radical (unpaired) electrons. The summed E-state index contributed by atoms with van der Waals surface area (Å²) < 4.78 is 5.91. The van der Waals surface area contributed by atoms with Crippen LogP contribution in [0, 0.1) is 0 Å². The number of hydrogen-bond acceptors (Lipinski definition) is 3. The van der Waals surface area contributed by atoms with Crippen molar-refractivity contribution in [3.05, 3.63) is 95.4 Å². The number of para-hydroxylation sites is 1. The van der Waals surface area contributed by atoms with Gasteiger partial charge in [-0.05, 0) is 48.6 Å². The normalized spacial score (nSPS) is 14.9. The molecule has 0 fully saturated rings. The molecule has 0 aromatic heterocycles. The second-order valence-electron chi connectivity index (χ2n) is 5.28. The molecule has 2 aromatic rings. The maximum absolute atomic E-state index is 10.8. The van der Waals surface area contributed by atoms with Crippen molar-refractivity contribution >= 4 is 29.3 Å². The Labute approximate surface area is 146 Å². The summed E-state index contributed by atoms with van der Waals surface area (Å²) in [6.45, 7) is 4.49. The van der Waals surface area contributed by atoms with Gasteiger partial charge in [0.2, 0.25) is 0 Å². The van der Waals surface area contributed by atoms with Crippen molar-refractivity contribution in [3.63, 3.8) is 0 Å². The molecule has 2 aromatic carbocycles. The monoisotopic (exact) mass is 337 g/mol. The van der Waals surface area contributed by atoms with Gasteiger partial charge in [0.25, 0.3) is 0 Å². The highest BCUT2D eigenvalue weighted by atomic mass is 35.5. The van der Waals surface area contributed by atoms with Gasteiger partial charge in [-0.15, -0.1) is 0 Å². The van der Waals surface area contributed by atoms with Crippen LogP contribution in [0.15, 0.2) is 84.8 Å². The molecule has 24 heavy (non-hydrogen) atoms. The van der Waals surface area contributed by atoms with Crippen molar-refractivity contribution < 1.29 is 9.53 Å². The molecular weight excluding hydrogens is 322 g/mol. The Balaban J connectivity index is 2.16. The largest absolute Gasteiger partial charge is 0.458 e. The Morgan fingerprint density at radius 3 is 2.46 bits per heavy atom. The van der Waals surface area contributed by atoms with Crippen molar-refractivity contribution in [1.29, 1.82) is 0 Å². The molecule has 120 valence electrons. The quantitative estimate of drug-likeness (QED) is 0.592. The number of rotatable bonds is 4. The Morgan fingerprint density at radius 2 is 1.79 bits per heavy atom. The number of halogens is 1. The summed E-state index contributed by atoms with van der Waals surface area (Å²) in [6.07, 6.45) is 3.95. The van der Waals surface area contributed by atoms with Crippen molar-refractivity contribution in [3.8, 4) is 0 Å². The molecule has 0 unspecified atom stereocenters. The standard InChI is InChI=1S/C20H16ClNO2/c1-15-14-22(18-6-3-2-4-7-18)19(8-5-13-23)20(24-15)16-9-11-17(21)12-10-16/h2-13H,1,14H2/b8-5+. The fourth-order valence-electron chi connectivity index (χ4n) is 2.56. The number of nitrogens with zero attached hydrogens (tertiary/aromatic N) is 1. The van der Waals surface area contributed by atoms with E-state index in [1.165, 1.54) is 6.08 Å². The molecule has 4 heteroatoms. The van der Waals surface area contributed by atoms with Gasteiger partial charge in [0, 0.05) is 16.3 Å². The third-order valence-corrected chi connectivity index (χ3v) is 3.86. The molecule has 0 bridgehead atoms. The molecule has 1 aliphatic rings. The Kier molecular flexibility index (Phi) is 4.82. The average Bonchev–Trinajstić information content (AvgIpc) is 2.61. The van der Waals surface area contributed by atoms with E-state index >= 15 is 0 Å². The molecule has 0 N–H and O–H groups in total. The second-order valence-corrected chi connectivity index (χ2v) is 5.72. The van der Waals surface area contributed by atoms with Gasteiger partial charge < -0.3 is 9.64 Å². The van der Waals surface area contributed by atoms with Crippen LogP contribution in [-0.4, -0.2) is 12.8 Å². The molecule has 0 saturated carbocycles. The lowest BCUT2D eigenvalue weighted by Crippen LogP contribution is -2.30. The van der Waals surface area contributed by atoms with Crippen LogP contribution < -0.4 is 4.90 Å². The van der Waals surface area contributed by atoms with Crippen LogP contribution in [0.1, 0.15) is 5.56 Å². The van der Waals surface area contributed by atoms with Crippen molar-refractivity contribution in [1.82, 2.24) is 0 Å². The van der Waals surface area contributed by atoms with Gasteiger partial charge in [-0.3, -0.25) is 4.79 Å². The van der Waals surface area contributed by atoms with E-state index in [1.54, 1.807) is 18.2 Å². The van der Waals surface area contributed by atoms with E-state index in [2.05, 4.69) is 11.5 Å². The number of hydrogen-bond donors (Lipinski definition) is 0. The van der Waals surface area contributed by atoms with Gasteiger partial charge in [0.05, 0.1) is 12.2 Å². The number of ether oxygens (including phenoxy) is 1. The van der Waals surface area contributed by atoms with E-state index in [0.717, 1.165) is 23.2 Å². The predicted octanol–water partition coefficient (Wildman–Crippen LogP) is 4.81. The first kappa shape index (κ1) is 16.1. The SMILES string of the molecule is C=C1CN(c2ccccc2)C(/C=C/C=O)=C(c2ccc(Cl)cc2)O1. The first-order valence-electron chi connectivity index (χ1n) is 7.49. The van der Waals surface area contributed by atoms with Crippen LogP contribution in [0.2, 0.25) is 5.02 Å². The summed E-state index contributed by atoms with van der Waals surface area (Å²) in [5.41, 5.74) is 2.66. The van der Waals surface area contributed by atoms with E-state index < -0.39 is 0 Å². The summed E-state index contributed by atoms with van der Waals surface area (Å²) in [6, 6.07) is 17.3. The molecule has 0 saturated heterocycles. The van der Waals surface area contributed by atoms with Crippen molar-refractivity contribution in [2.75, 3.05) is 11.4 Å². The Morgan fingerprint density at radius 1 is 1.08 bits per heavy atom. The Bertz CT molecular complexity index is 807. The highest BCUT2D eigenvalue weighted by Gasteiger charge is 2.24. The molecular formula is C20H16ClNO2. The third kappa shape index (κ3) is 3.42. The van der Waals surface area contributed by atoms with E-state index in [-0.39, 0.29) is 0 Å². The summed E-state index contributed by atoms with van der Waals surface area (Å²) in [5, 5.41) is 0.652.